The van der Waals surface area contributed by atoms with Gasteiger partial charge in [0.2, 0.25) is 0 Å². The van der Waals surface area contributed by atoms with Crippen LogP contribution in [0, 0.1) is 0 Å². The summed E-state index contributed by atoms with van der Waals surface area (Å²) in [5.74, 6) is 0. The van der Waals surface area contributed by atoms with Crippen LogP contribution in [0.3, 0.4) is 0 Å². The quantitative estimate of drug-likeness (QED) is 0.159. The maximum atomic E-state index is 2.40. The molecule has 10 aromatic carbocycles. The first kappa shape index (κ1) is 30.8. The van der Waals surface area contributed by atoms with Crippen molar-refractivity contribution in [3.05, 3.63) is 212 Å². The first-order valence-electron chi connectivity index (χ1n) is 18.3. The molecule has 10 aromatic rings. The zero-order chi connectivity index (χ0) is 35.1. The van der Waals surface area contributed by atoms with Crippen LogP contribution in [0.4, 0.5) is 17.1 Å². The highest BCUT2D eigenvalue weighted by Gasteiger charge is 2.18. The molecule has 0 aliphatic carbocycles. The summed E-state index contributed by atoms with van der Waals surface area (Å²) < 4.78 is 0. The fraction of sp³-hybridized carbons (Fsp3) is 0. The summed E-state index contributed by atoms with van der Waals surface area (Å²) in [7, 11) is 0. The lowest BCUT2D eigenvalue weighted by Crippen LogP contribution is -2.10. The number of nitrogens with zero attached hydrogens (tertiary/aromatic N) is 1. The minimum atomic E-state index is 1.10. The minimum Gasteiger partial charge on any atom is -0.310 e. The van der Waals surface area contributed by atoms with E-state index in [1.165, 1.54) is 76.5 Å². The van der Waals surface area contributed by atoms with Gasteiger partial charge in [0.25, 0.3) is 0 Å². The summed E-state index contributed by atoms with van der Waals surface area (Å²) in [5, 5.41) is 10.1. The van der Waals surface area contributed by atoms with Gasteiger partial charge in [-0.15, -0.1) is 0 Å². The monoisotopic (exact) mass is 673 g/mol. The Labute approximate surface area is 309 Å². The molecule has 0 radical (unpaired) electrons. The molecule has 0 amide bonds. The molecular weight excluding hydrogens is 639 g/mol. The van der Waals surface area contributed by atoms with Gasteiger partial charge in [0, 0.05) is 17.1 Å². The molecule has 248 valence electrons. The zero-order valence-electron chi connectivity index (χ0n) is 29.2. The van der Waals surface area contributed by atoms with Crippen LogP contribution >= 0.6 is 0 Å². The molecule has 0 heterocycles. The molecule has 0 aliphatic heterocycles. The number of benzene rings is 10. The van der Waals surface area contributed by atoms with Crippen LogP contribution in [0.2, 0.25) is 0 Å². The summed E-state index contributed by atoms with van der Waals surface area (Å²) in [6, 6.07) is 77.3. The molecule has 0 N–H and O–H groups in total. The molecule has 10 rings (SSSR count). The Hall–Kier alpha value is -6.96. The summed E-state index contributed by atoms with van der Waals surface area (Å²) in [4.78, 5) is 2.40. The number of anilines is 3. The molecule has 53 heavy (non-hydrogen) atoms. The van der Waals surface area contributed by atoms with Gasteiger partial charge >= 0.3 is 0 Å². The van der Waals surface area contributed by atoms with Crippen molar-refractivity contribution in [1.29, 1.82) is 0 Å². The largest absolute Gasteiger partial charge is 0.310 e. The van der Waals surface area contributed by atoms with Crippen molar-refractivity contribution >= 4 is 60.2 Å². The van der Waals surface area contributed by atoms with Crippen LogP contribution in [-0.4, -0.2) is 0 Å². The molecule has 0 atom stereocenters. The van der Waals surface area contributed by atoms with E-state index >= 15 is 0 Å². The average molecular weight is 674 g/mol. The van der Waals surface area contributed by atoms with Gasteiger partial charge in [-0.25, -0.2) is 0 Å². The van der Waals surface area contributed by atoms with Crippen molar-refractivity contribution in [2.24, 2.45) is 0 Å². The van der Waals surface area contributed by atoms with Gasteiger partial charge in [-0.1, -0.05) is 170 Å². The molecule has 1 heteroatoms. The average Bonchev–Trinajstić information content (AvgIpc) is 3.24. The maximum absolute atomic E-state index is 2.40. The van der Waals surface area contributed by atoms with Gasteiger partial charge in [0.05, 0.1) is 0 Å². The fourth-order valence-corrected chi connectivity index (χ4v) is 8.00. The molecule has 1 nitrogen and oxygen atoms in total. The lowest BCUT2D eigenvalue weighted by atomic mass is 9.92. The van der Waals surface area contributed by atoms with Gasteiger partial charge < -0.3 is 4.90 Å². The Morgan fingerprint density at radius 3 is 1.57 bits per heavy atom. The molecule has 0 aromatic heterocycles. The van der Waals surface area contributed by atoms with Crippen LogP contribution < -0.4 is 4.90 Å². The van der Waals surface area contributed by atoms with Crippen LogP contribution in [0.15, 0.2) is 212 Å². The number of hydrogen-bond donors (Lipinski definition) is 0. The van der Waals surface area contributed by atoms with Crippen molar-refractivity contribution in [3.63, 3.8) is 0 Å². The SMILES string of the molecule is c1ccc(-c2ccc(N(c3cccc(-c4ccccc4)c3)c3cc(-c4ccc5c(ccc6ccc7ccccc7c65)c4)c4ccccc4c3)cc2)cc1. The Kier molecular flexibility index (Phi) is 7.55. The minimum absolute atomic E-state index is 1.10. The second-order valence-electron chi connectivity index (χ2n) is 13.8. The van der Waals surface area contributed by atoms with Crippen molar-refractivity contribution < 1.29 is 0 Å². The third kappa shape index (κ3) is 5.60. The van der Waals surface area contributed by atoms with E-state index in [2.05, 4.69) is 217 Å². The third-order valence-electron chi connectivity index (χ3n) is 10.6. The predicted octanol–water partition coefficient (Wildman–Crippen LogP) is 14.8. The molecule has 0 spiro atoms. The van der Waals surface area contributed by atoms with Gasteiger partial charge in [0.15, 0.2) is 0 Å². The second-order valence-corrected chi connectivity index (χ2v) is 13.8. The van der Waals surface area contributed by atoms with Crippen LogP contribution in [0.5, 0.6) is 0 Å². The lowest BCUT2D eigenvalue weighted by molar-refractivity contribution is 1.29. The van der Waals surface area contributed by atoms with Crippen molar-refractivity contribution in [2.75, 3.05) is 4.90 Å². The second kappa shape index (κ2) is 13.0. The summed E-state index contributed by atoms with van der Waals surface area (Å²) in [5.41, 5.74) is 10.5. The Bertz CT molecular complexity index is 2930. The van der Waals surface area contributed by atoms with Crippen molar-refractivity contribution in [3.8, 4) is 33.4 Å². The van der Waals surface area contributed by atoms with Crippen molar-refractivity contribution in [2.45, 2.75) is 0 Å². The van der Waals surface area contributed by atoms with Crippen molar-refractivity contribution in [1.82, 2.24) is 0 Å². The molecule has 0 saturated carbocycles. The molecule has 0 aliphatic rings. The standard InChI is InChI=1S/C52H35N/c1-3-12-36(13-4-1)38-26-29-45(30-27-38)53(46-19-11-18-41(33-46)37-14-5-2-6-15-37)47-34-42-17-8-9-20-48(42)51(35-47)44-28-31-50-43(32-44)25-24-40-23-22-39-16-7-10-21-49(39)52(40)50/h1-35H. The van der Waals surface area contributed by atoms with E-state index in [-0.39, 0.29) is 0 Å². The molecular formula is C52H35N. The highest BCUT2D eigenvalue weighted by molar-refractivity contribution is 6.20. The number of rotatable bonds is 6. The summed E-state index contributed by atoms with van der Waals surface area (Å²) in [6.45, 7) is 0. The van der Waals surface area contributed by atoms with E-state index in [0.29, 0.717) is 0 Å². The van der Waals surface area contributed by atoms with E-state index in [9.17, 15) is 0 Å². The van der Waals surface area contributed by atoms with Crippen LogP contribution in [0.25, 0.3) is 76.5 Å². The lowest BCUT2D eigenvalue weighted by Gasteiger charge is -2.27. The van der Waals surface area contributed by atoms with E-state index in [0.717, 1.165) is 17.1 Å². The molecule has 0 unspecified atom stereocenters. The Morgan fingerprint density at radius 1 is 0.245 bits per heavy atom. The van der Waals surface area contributed by atoms with E-state index in [1.807, 2.05) is 0 Å². The van der Waals surface area contributed by atoms with E-state index < -0.39 is 0 Å². The van der Waals surface area contributed by atoms with Gasteiger partial charge in [-0.3, -0.25) is 0 Å². The third-order valence-corrected chi connectivity index (χ3v) is 10.6. The Balaban J connectivity index is 1.17. The smallest absolute Gasteiger partial charge is 0.0474 e. The summed E-state index contributed by atoms with van der Waals surface area (Å²) in [6.07, 6.45) is 0. The molecule has 0 fully saturated rings. The Morgan fingerprint density at radius 2 is 0.792 bits per heavy atom. The fourth-order valence-electron chi connectivity index (χ4n) is 8.00. The summed E-state index contributed by atoms with van der Waals surface area (Å²) >= 11 is 0. The first-order valence-corrected chi connectivity index (χ1v) is 18.3. The maximum Gasteiger partial charge on any atom is 0.0474 e. The highest BCUT2D eigenvalue weighted by Crippen LogP contribution is 2.43. The normalized spacial score (nSPS) is 11.4. The van der Waals surface area contributed by atoms with Gasteiger partial charge in [-0.05, 0) is 119 Å². The van der Waals surface area contributed by atoms with Gasteiger partial charge in [0.1, 0.15) is 0 Å². The number of hydrogen-bond acceptors (Lipinski definition) is 1. The molecule has 0 bridgehead atoms. The van der Waals surface area contributed by atoms with E-state index in [1.54, 1.807) is 0 Å². The topological polar surface area (TPSA) is 3.24 Å². The highest BCUT2D eigenvalue weighted by atomic mass is 15.1. The zero-order valence-corrected chi connectivity index (χ0v) is 29.2. The van der Waals surface area contributed by atoms with Crippen LogP contribution in [-0.2, 0) is 0 Å². The van der Waals surface area contributed by atoms with Crippen LogP contribution in [0.1, 0.15) is 0 Å². The first-order chi connectivity index (χ1) is 26.3. The van der Waals surface area contributed by atoms with Gasteiger partial charge in [-0.2, -0.15) is 0 Å². The van der Waals surface area contributed by atoms with E-state index in [4.69, 9.17) is 0 Å². The predicted molar refractivity (Wildman–Crippen MR) is 227 cm³/mol. The number of fused-ring (bicyclic) bond motifs is 6. The molecule has 0 saturated heterocycles.